The number of rotatable bonds is 10. The first-order valence-corrected chi connectivity index (χ1v) is 14.8. The molecule has 1 heterocycles. The molecule has 4 rings (SSSR count). The van der Waals surface area contributed by atoms with Crippen molar-refractivity contribution in [1.82, 2.24) is 4.57 Å². The minimum Gasteiger partial charge on any atom is -0.462 e. The van der Waals surface area contributed by atoms with Crippen molar-refractivity contribution in [3.05, 3.63) is 87.7 Å². The van der Waals surface area contributed by atoms with Gasteiger partial charge in [0.2, 0.25) is 0 Å². The Morgan fingerprint density at radius 2 is 1.67 bits per heavy atom. The summed E-state index contributed by atoms with van der Waals surface area (Å²) in [4.78, 5) is 30.1. The number of aromatic nitrogens is 1. The van der Waals surface area contributed by atoms with Crippen LogP contribution in [0, 0.1) is 0 Å². The lowest BCUT2D eigenvalue weighted by molar-refractivity contribution is 0.0526. The number of nitrogens with zero attached hydrogens (tertiary/aromatic N) is 2. The molecule has 0 spiro atoms. The number of amides is 1. The van der Waals surface area contributed by atoms with Gasteiger partial charge in [-0.25, -0.2) is 13.2 Å². The van der Waals surface area contributed by atoms with E-state index in [1.807, 2.05) is 11.5 Å². The fraction of sp³-hybridized carbons (Fsp3) is 0.222. The predicted molar refractivity (Wildman–Crippen MR) is 151 cm³/mol. The predicted octanol–water partition coefficient (Wildman–Crippen LogP) is 5.11. The van der Waals surface area contributed by atoms with Crippen LogP contribution in [0.15, 0.2) is 76.6 Å². The molecular weight excluding hydrogens is 562 g/mol. The zero-order chi connectivity index (χ0) is 28.0. The van der Waals surface area contributed by atoms with Gasteiger partial charge in [-0.3, -0.25) is 9.52 Å². The van der Waals surface area contributed by atoms with Crippen LogP contribution in [0.1, 0.15) is 34.6 Å². The van der Waals surface area contributed by atoms with Gasteiger partial charge in [-0.1, -0.05) is 22.9 Å². The summed E-state index contributed by atoms with van der Waals surface area (Å²) in [5.74, 6) is -0.917. The van der Waals surface area contributed by atoms with E-state index in [2.05, 4.69) is 9.71 Å². The quantitative estimate of drug-likeness (QED) is 0.204. The van der Waals surface area contributed by atoms with Crippen LogP contribution in [-0.2, 0) is 26.0 Å². The van der Waals surface area contributed by atoms with Gasteiger partial charge in [-0.2, -0.15) is 4.99 Å². The van der Waals surface area contributed by atoms with Crippen molar-refractivity contribution in [2.24, 2.45) is 4.99 Å². The Balaban J connectivity index is 1.61. The first-order chi connectivity index (χ1) is 18.7. The lowest BCUT2D eigenvalue weighted by atomic mass is 10.2. The summed E-state index contributed by atoms with van der Waals surface area (Å²) in [6.07, 6.45) is 0. The third-order valence-electron chi connectivity index (χ3n) is 5.56. The van der Waals surface area contributed by atoms with Gasteiger partial charge in [-0.15, -0.1) is 0 Å². The van der Waals surface area contributed by atoms with Gasteiger partial charge in [-0.05, 0) is 80.6 Å². The molecule has 1 aromatic heterocycles. The maximum Gasteiger partial charge on any atom is 0.338 e. The number of hydrogen-bond donors (Lipinski definition) is 1. The third-order valence-corrected chi connectivity index (χ3v) is 8.25. The second-order valence-electron chi connectivity index (χ2n) is 8.19. The molecule has 0 radical (unpaired) electrons. The van der Waals surface area contributed by atoms with Gasteiger partial charge in [0.1, 0.15) is 0 Å². The van der Waals surface area contributed by atoms with Crippen LogP contribution < -0.4 is 9.52 Å². The van der Waals surface area contributed by atoms with Gasteiger partial charge < -0.3 is 14.0 Å². The maximum atomic E-state index is 13.1. The average molecular weight is 588 g/mol. The summed E-state index contributed by atoms with van der Waals surface area (Å²) < 4.78 is 41.0. The van der Waals surface area contributed by atoms with Gasteiger partial charge in [0.15, 0.2) is 4.80 Å². The Kier molecular flexibility index (Phi) is 9.18. The van der Waals surface area contributed by atoms with E-state index < -0.39 is 21.9 Å². The van der Waals surface area contributed by atoms with E-state index in [9.17, 15) is 18.0 Å². The van der Waals surface area contributed by atoms with Crippen molar-refractivity contribution in [2.45, 2.75) is 25.3 Å². The van der Waals surface area contributed by atoms with E-state index in [1.54, 1.807) is 25.1 Å². The Morgan fingerprint density at radius 3 is 2.33 bits per heavy atom. The second kappa shape index (κ2) is 12.6. The molecule has 1 amide bonds. The summed E-state index contributed by atoms with van der Waals surface area (Å²) in [5, 5.41) is 0.429. The van der Waals surface area contributed by atoms with Crippen molar-refractivity contribution < 1.29 is 27.5 Å². The Morgan fingerprint density at radius 1 is 0.974 bits per heavy atom. The summed E-state index contributed by atoms with van der Waals surface area (Å²) in [7, 11) is -3.82. The van der Waals surface area contributed by atoms with Crippen molar-refractivity contribution in [2.75, 3.05) is 24.5 Å². The molecule has 39 heavy (non-hydrogen) atoms. The second-order valence-corrected chi connectivity index (χ2v) is 11.3. The van der Waals surface area contributed by atoms with Crippen LogP contribution in [0.4, 0.5) is 5.69 Å². The molecule has 1 N–H and O–H groups in total. The van der Waals surface area contributed by atoms with Crippen LogP contribution in [0.3, 0.4) is 0 Å². The summed E-state index contributed by atoms with van der Waals surface area (Å²) >= 11 is 7.12. The number of esters is 1. The van der Waals surface area contributed by atoms with Crippen molar-refractivity contribution in [1.29, 1.82) is 0 Å². The molecular formula is C27H26ClN3O6S2. The number of benzene rings is 3. The number of fused-ring (bicyclic) bond motifs is 1. The summed E-state index contributed by atoms with van der Waals surface area (Å²) in [6.45, 7) is 5.35. The van der Waals surface area contributed by atoms with Crippen LogP contribution in [0.2, 0.25) is 5.02 Å². The van der Waals surface area contributed by atoms with Crippen molar-refractivity contribution in [3.63, 3.8) is 0 Å². The molecule has 0 saturated heterocycles. The molecule has 0 unspecified atom stereocenters. The number of hydrogen-bond acceptors (Lipinski definition) is 7. The van der Waals surface area contributed by atoms with Gasteiger partial charge in [0, 0.05) is 29.4 Å². The maximum absolute atomic E-state index is 13.1. The molecule has 0 fully saturated rings. The van der Waals surface area contributed by atoms with Crippen molar-refractivity contribution >= 4 is 60.7 Å². The molecule has 0 bridgehead atoms. The van der Waals surface area contributed by atoms with Gasteiger partial charge in [0.25, 0.3) is 15.9 Å². The number of carbonyl (C=O) groups excluding carboxylic acids is 2. The fourth-order valence-electron chi connectivity index (χ4n) is 3.68. The zero-order valence-corrected chi connectivity index (χ0v) is 23.6. The highest BCUT2D eigenvalue weighted by Gasteiger charge is 2.16. The Labute approximate surface area is 234 Å². The third kappa shape index (κ3) is 6.93. The first kappa shape index (κ1) is 28.5. The summed E-state index contributed by atoms with van der Waals surface area (Å²) in [5.41, 5.74) is 1.80. The fourth-order valence-corrected chi connectivity index (χ4v) is 5.95. The number of halogens is 1. The lowest BCUT2D eigenvalue weighted by Gasteiger charge is -2.08. The van der Waals surface area contributed by atoms with Crippen LogP contribution >= 0.6 is 22.9 Å². The van der Waals surface area contributed by atoms with Crippen LogP contribution in [-0.4, -0.2) is 44.7 Å². The molecule has 9 nitrogen and oxygen atoms in total. The van der Waals surface area contributed by atoms with Gasteiger partial charge in [0.05, 0.1) is 33.9 Å². The lowest BCUT2D eigenvalue weighted by Crippen LogP contribution is -2.19. The Hall–Kier alpha value is -3.51. The highest BCUT2D eigenvalue weighted by molar-refractivity contribution is 7.92. The zero-order valence-electron chi connectivity index (χ0n) is 21.2. The largest absolute Gasteiger partial charge is 0.462 e. The molecule has 3 aromatic carbocycles. The smallest absolute Gasteiger partial charge is 0.338 e. The molecule has 0 aliphatic heterocycles. The molecule has 0 aliphatic rings. The standard InChI is InChI=1S/C27H26ClN3O6S2/c1-3-36-16-15-31-23-14-7-19(26(33)37-4-2)17-24(23)38-27(31)29-25(32)18-5-10-21(11-6-18)30-39(34,35)22-12-8-20(28)9-13-22/h5-14,17,30H,3-4,15-16H2,1-2H3. The van der Waals surface area contributed by atoms with Crippen LogP contribution in [0.5, 0.6) is 0 Å². The highest BCUT2D eigenvalue weighted by atomic mass is 35.5. The molecule has 0 aliphatic carbocycles. The molecule has 0 atom stereocenters. The number of nitrogens with one attached hydrogen (secondary N) is 1. The normalized spacial score (nSPS) is 12.0. The van der Waals surface area contributed by atoms with E-state index in [1.165, 1.54) is 59.9 Å². The molecule has 12 heteroatoms. The molecule has 204 valence electrons. The minimum absolute atomic E-state index is 0.0644. The topological polar surface area (TPSA) is 116 Å². The Bertz CT molecular complexity index is 1660. The highest BCUT2D eigenvalue weighted by Crippen LogP contribution is 2.21. The van der Waals surface area contributed by atoms with E-state index in [0.717, 1.165) is 10.2 Å². The minimum atomic E-state index is -3.82. The van der Waals surface area contributed by atoms with Crippen LogP contribution in [0.25, 0.3) is 10.2 Å². The molecule has 0 saturated carbocycles. The van der Waals surface area contributed by atoms with Crippen molar-refractivity contribution in [3.8, 4) is 0 Å². The number of sulfonamides is 1. The number of ether oxygens (including phenoxy) is 2. The monoisotopic (exact) mass is 587 g/mol. The number of carbonyl (C=O) groups is 2. The van der Waals surface area contributed by atoms with E-state index >= 15 is 0 Å². The SMILES string of the molecule is CCOCCn1c(=NC(=O)c2ccc(NS(=O)(=O)c3ccc(Cl)cc3)cc2)sc2cc(C(=O)OCC)ccc21. The van der Waals surface area contributed by atoms with Gasteiger partial charge >= 0.3 is 5.97 Å². The van der Waals surface area contributed by atoms with E-state index in [4.69, 9.17) is 21.1 Å². The number of thiazole rings is 1. The number of anilines is 1. The van der Waals surface area contributed by atoms with E-state index in [-0.39, 0.29) is 17.1 Å². The summed E-state index contributed by atoms with van der Waals surface area (Å²) in [6, 6.07) is 17.0. The molecule has 4 aromatic rings. The van der Waals surface area contributed by atoms with E-state index in [0.29, 0.717) is 40.8 Å². The first-order valence-electron chi connectivity index (χ1n) is 12.1. The average Bonchev–Trinajstić information content (AvgIpc) is 3.25.